The second-order valence-electron chi connectivity index (χ2n) is 6.39. The third-order valence-corrected chi connectivity index (χ3v) is 6.38. The zero-order valence-corrected chi connectivity index (χ0v) is 17.3. The molecule has 10 heteroatoms. The van der Waals surface area contributed by atoms with Crippen LogP contribution in [-0.4, -0.2) is 12.1 Å². The number of carbonyl (C=O) groups excluding carboxylic acids is 1. The van der Waals surface area contributed by atoms with E-state index in [9.17, 15) is 26.7 Å². The van der Waals surface area contributed by atoms with Gasteiger partial charge in [-0.05, 0) is 43.2 Å². The van der Waals surface area contributed by atoms with E-state index < -0.39 is 52.7 Å². The van der Waals surface area contributed by atoms with E-state index in [0.29, 0.717) is 6.07 Å². The molecule has 0 amide bonds. The van der Waals surface area contributed by atoms with Crippen molar-refractivity contribution in [1.29, 1.82) is 0 Å². The van der Waals surface area contributed by atoms with Crippen molar-refractivity contribution in [3.05, 3.63) is 43.3 Å². The Morgan fingerprint density at radius 3 is 2.23 bits per heavy atom. The molecular formula is C16H12Br2ClF5O2. The third kappa shape index (κ3) is 4.25. The lowest BCUT2D eigenvalue weighted by molar-refractivity contribution is -0.147. The van der Waals surface area contributed by atoms with E-state index in [1.165, 1.54) is 0 Å². The van der Waals surface area contributed by atoms with Crippen LogP contribution >= 0.6 is 43.5 Å². The zero-order chi connectivity index (χ0) is 20.0. The van der Waals surface area contributed by atoms with Crippen molar-refractivity contribution in [1.82, 2.24) is 0 Å². The van der Waals surface area contributed by atoms with Gasteiger partial charge in [-0.2, -0.15) is 13.2 Å². The Hall–Kier alpha value is -0.670. The summed E-state index contributed by atoms with van der Waals surface area (Å²) in [5.41, 5.74) is -0.737. The van der Waals surface area contributed by atoms with Crippen LogP contribution in [0, 0.1) is 28.9 Å². The highest BCUT2D eigenvalue weighted by Crippen LogP contribution is 2.60. The van der Waals surface area contributed by atoms with Crippen LogP contribution in [0.5, 0.6) is 0 Å². The molecule has 2 nitrogen and oxygen atoms in total. The minimum atomic E-state index is -4.69. The fraction of sp³-hybridized carbons (Fsp3) is 0.438. The van der Waals surface area contributed by atoms with Gasteiger partial charge >= 0.3 is 12.1 Å². The minimum Gasteiger partial charge on any atom is -0.460 e. The van der Waals surface area contributed by atoms with Gasteiger partial charge in [-0.25, -0.2) is 8.78 Å². The molecule has 0 bridgehead atoms. The molecule has 2 rings (SSSR count). The van der Waals surface area contributed by atoms with Crippen LogP contribution in [-0.2, 0) is 16.1 Å². The molecule has 1 aliphatic carbocycles. The molecule has 1 aromatic rings. The Balaban J connectivity index is 2.13. The summed E-state index contributed by atoms with van der Waals surface area (Å²) in [6, 6.07) is 0.656. The van der Waals surface area contributed by atoms with Gasteiger partial charge in [-0.15, -0.1) is 0 Å². The van der Waals surface area contributed by atoms with Crippen molar-refractivity contribution in [2.24, 2.45) is 17.3 Å². The smallest absolute Gasteiger partial charge is 0.426 e. The second kappa shape index (κ2) is 7.39. The SMILES string of the molecule is CC1(C)[C@H](C(=O)OCc2c(Br)c(F)cc(F)c2Br)[C@@H]1/C=C(\Cl)C(F)(F)F. The average Bonchev–Trinajstić information content (AvgIpc) is 3.04. The summed E-state index contributed by atoms with van der Waals surface area (Å²) in [5, 5.41) is -1.30. The summed E-state index contributed by atoms with van der Waals surface area (Å²) >= 11 is 11.1. The Kier molecular flexibility index (Phi) is 6.15. The molecule has 0 N–H and O–H groups in total. The van der Waals surface area contributed by atoms with Crippen LogP contribution in [0.2, 0.25) is 0 Å². The summed E-state index contributed by atoms with van der Waals surface area (Å²) in [4.78, 5) is 12.2. The van der Waals surface area contributed by atoms with Crippen molar-refractivity contribution >= 4 is 49.4 Å². The Morgan fingerprint density at radius 1 is 1.27 bits per heavy atom. The van der Waals surface area contributed by atoms with Gasteiger partial charge in [0.05, 0.1) is 14.9 Å². The maximum atomic E-state index is 13.6. The molecule has 2 atom stereocenters. The monoisotopic (exact) mass is 524 g/mol. The van der Waals surface area contributed by atoms with E-state index in [0.717, 1.165) is 6.08 Å². The van der Waals surface area contributed by atoms with Crippen molar-refractivity contribution in [2.45, 2.75) is 26.6 Å². The highest BCUT2D eigenvalue weighted by Gasteiger charge is 2.62. The first-order valence-corrected chi connectivity index (χ1v) is 9.18. The molecule has 1 fully saturated rings. The maximum absolute atomic E-state index is 13.6. The molecule has 0 aromatic heterocycles. The molecule has 1 saturated carbocycles. The van der Waals surface area contributed by atoms with Crippen LogP contribution in [0.4, 0.5) is 22.0 Å². The number of esters is 1. The number of benzene rings is 1. The fourth-order valence-corrected chi connectivity index (χ4v) is 3.93. The topological polar surface area (TPSA) is 26.3 Å². The number of rotatable bonds is 4. The summed E-state index contributed by atoms with van der Waals surface area (Å²) in [6.07, 6.45) is -3.90. The lowest BCUT2D eigenvalue weighted by Gasteiger charge is -2.11. The van der Waals surface area contributed by atoms with Gasteiger partial charge in [0, 0.05) is 11.6 Å². The standard InChI is InChI=1S/C16H12Br2ClF5O2/c1-15(2)7(3-10(19)16(22,23)24)11(15)14(25)26-5-6-12(17)8(20)4-9(21)13(6)18/h3-4,7,11H,5H2,1-2H3/b10-3-/t7-,11-/m0/s1. The molecule has 0 aliphatic heterocycles. The van der Waals surface area contributed by atoms with Crippen LogP contribution in [0.3, 0.4) is 0 Å². The largest absolute Gasteiger partial charge is 0.460 e. The van der Waals surface area contributed by atoms with Crippen molar-refractivity contribution in [3.8, 4) is 0 Å². The molecule has 1 aromatic carbocycles. The quantitative estimate of drug-likeness (QED) is 0.255. The maximum Gasteiger partial charge on any atom is 0.426 e. The van der Waals surface area contributed by atoms with E-state index in [1.54, 1.807) is 13.8 Å². The van der Waals surface area contributed by atoms with E-state index >= 15 is 0 Å². The van der Waals surface area contributed by atoms with E-state index in [1.807, 2.05) is 0 Å². The van der Waals surface area contributed by atoms with Crippen LogP contribution in [0.15, 0.2) is 26.1 Å². The molecule has 144 valence electrons. The predicted molar refractivity (Wildman–Crippen MR) is 92.3 cm³/mol. The number of alkyl halides is 3. The van der Waals surface area contributed by atoms with Gasteiger partial charge in [0.15, 0.2) is 0 Å². The first-order chi connectivity index (χ1) is 11.8. The Morgan fingerprint density at radius 2 is 1.77 bits per heavy atom. The molecule has 0 unspecified atom stereocenters. The molecule has 26 heavy (non-hydrogen) atoms. The second-order valence-corrected chi connectivity index (χ2v) is 8.38. The Bertz CT molecular complexity index is 751. The van der Waals surface area contributed by atoms with E-state index in [2.05, 4.69) is 31.9 Å². The molecule has 1 aliphatic rings. The number of halogens is 8. The average molecular weight is 527 g/mol. The Labute approximate surface area is 168 Å². The van der Waals surface area contributed by atoms with Gasteiger partial charge in [0.2, 0.25) is 0 Å². The van der Waals surface area contributed by atoms with Crippen molar-refractivity contribution < 1.29 is 31.5 Å². The first kappa shape index (κ1) is 21.6. The molecular weight excluding hydrogens is 514 g/mol. The molecule has 0 heterocycles. The normalized spacial score (nSPS) is 22.3. The van der Waals surface area contributed by atoms with Crippen molar-refractivity contribution in [2.75, 3.05) is 0 Å². The number of hydrogen-bond acceptors (Lipinski definition) is 2. The van der Waals surface area contributed by atoms with Crippen LogP contribution < -0.4 is 0 Å². The number of allylic oxidation sites excluding steroid dienone is 2. The summed E-state index contributed by atoms with van der Waals surface area (Å²) < 4.78 is 69.7. The fourth-order valence-electron chi connectivity index (χ4n) is 2.67. The number of carbonyl (C=O) groups is 1. The van der Waals surface area contributed by atoms with E-state index in [-0.39, 0.29) is 14.5 Å². The van der Waals surface area contributed by atoms with Gasteiger partial charge in [-0.3, -0.25) is 4.79 Å². The lowest BCUT2D eigenvalue weighted by Crippen LogP contribution is -2.12. The van der Waals surface area contributed by atoms with Crippen LogP contribution in [0.25, 0.3) is 0 Å². The van der Waals surface area contributed by atoms with Crippen LogP contribution in [0.1, 0.15) is 19.4 Å². The highest BCUT2D eigenvalue weighted by molar-refractivity contribution is 9.11. The lowest BCUT2D eigenvalue weighted by atomic mass is 10.1. The molecule has 0 spiro atoms. The predicted octanol–water partition coefficient (Wildman–Crippen LogP) is 6.49. The molecule has 0 saturated heterocycles. The first-order valence-electron chi connectivity index (χ1n) is 7.21. The highest BCUT2D eigenvalue weighted by atomic mass is 79.9. The number of ether oxygens (including phenoxy) is 1. The van der Waals surface area contributed by atoms with Gasteiger partial charge in [0.25, 0.3) is 0 Å². The number of hydrogen-bond donors (Lipinski definition) is 0. The summed E-state index contributed by atoms with van der Waals surface area (Å²) in [5.74, 6) is -4.11. The van der Waals surface area contributed by atoms with E-state index in [4.69, 9.17) is 16.3 Å². The van der Waals surface area contributed by atoms with Crippen molar-refractivity contribution in [3.63, 3.8) is 0 Å². The minimum absolute atomic E-state index is 0.0368. The van der Waals surface area contributed by atoms with Gasteiger partial charge in [-0.1, -0.05) is 31.5 Å². The van der Waals surface area contributed by atoms with Gasteiger partial charge < -0.3 is 4.74 Å². The molecule has 0 radical (unpaired) electrons. The zero-order valence-electron chi connectivity index (χ0n) is 13.4. The third-order valence-electron chi connectivity index (χ3n) is 4.32. The summed E-state index contributed by atoms with van der Waals surface area (Å²) in [6.45, 7) is 2.76. The summed E-state index contributed by atoms with van der Waals surface area (Å²) in [7, 11) is 0. The van der Waals surface area contributed by atoms with Gasteiger partial charge in [0.1, 0.15) is 23.3 Å².